The Morgan fingerprint density at radius 1 is 0.929 bits per heavy atom. The second kappa shape index (κ2) is 12.4. The fourth-order valence-corrected chi connectivity index (χ4v) is 4.92. The number of rotatable bonds is 7. The summed E-state index contributed by atoms with van der Waals surface area (Å²) in [5.74, 6) is -0.0522. The number of nitrogens with zero attached hydrogens (tertiary/aromatic N) is 4. The molecule has 4 aromatic heterocycles. The van der Waals surface area contributed by atoms with E-state index in [0.29, 0.717) is 22.8 Å². The number of aromatic amines is 2. The van der Waals surface area contributed by atoms with Crippen molar-refractivity contribution in [2.45, 2.75) is 49.9 Å². The van der Waals surface area contributed by atoms with Crippen LogP contribution >= 0.6 is 8.38 Å². The van der Waals surface area contributed by atoms with Crippen LogP contribution in [0.15, 0.2) is 34.1 Å². The molecule has 2 saturated heterocycles. The molecule has 11 N–H and O–H groups in total. The van der Waals surface area contributed by atoms with Gasteiger partial charge in [-0.2, -0.15) is 19.5 Å². The predicted octanol–water partition coefficient (Wildman–Crippen LogP) is -1.94. The molecule has 42 heavy (non-hydrogen) atoms. The number of nitrogens with one attached hydrogen (secondary N) is 2. The predicted molar refractivity (Wildman–Crippen MR) is 144 cm³/mol. The molecule has 0 saturated carbocycles. The molecular formula is C22H29N8O11P. The molecule has 19 nitrogen and oxygen atoms in total. The first kappa shape index (κ1) is 30.0. The number of nitrogens with two attached hydrogens (primary N) is 2. The van der Waals surface area contributed by atoms with Gasteiger partial charge >= 0.3 is 0 Å². The molecule has 0 spiro atoms. The van der Waals surface area contributed by atoms with Crippen molar-refractivity contribution in [1.29, 1.82) is 0 Å². The first-order chi connectivity index (χ1) is 20.1. The summed E-state index contributed by atoms with van der Waals surface area (Å²) in [6.45, 7) is -0.164. The van der Waals surface area contributed by atoms with Crippen molar-refractivity contribution in [3.63, 3.8) is 0 Å². The van der Waals surface area contributed by atoms with Crippen molar-refractivity contribution in [3.8, 4) is 0 Å². The number of aliphatic hydroxyl groups excluding tert-OH is 4. The molecule has 0 aromatic carbocycles. The highest BCUT2D eigenvalue weighted by atomic mass is 31.2. The van der Waals surface area contributed by atoms with Gasteiger partial charge in [-0.1, -0.05) is 0 Å². The number of fused-ring (bicyclic) bond motifs is 2. The lowest BCUT2D eigenvalue weighted by Crippen LogP contribution is -2.20. The molecule has 0 amide bonds. The van der Waals surface area contributed by atoms with Gasteiger partial charge in [-0.3, -0.25) is 19.6 Å². The number of aromatic nitrogens is 6. The molecule has 6 rings (SSSR count). The minimum Gasteiger partial charge on any atom is -0.394 e. The van der Waals surface area contributed by atoms with Crippen molar-refractivity contribution >= 4 is 42.3 Å². The normalized spacial score (nSPS) is 26.5. The number of hydrogen-bond acceptors (Lipinski definition) is 15. The highest BCUT2D eigenvalue weighted by Crippen LogP contribution is 2.36. The molecule has 228 valence electrons. The van der Waals surface area contributed by atoms with Gasteiger partial charge in [-0.25, -0.2) is 0 Å². The summed E-state index contributed by atoms with van der Waals surface area (Å²) in [6.07, 6.45) is -1.67. The molecule has 4 aromatic rings. The summed E-state index contributed by atoms with van der Waals surface area (Å²) >= 11 is 0. The molecule has 7 atom stereocenters. The zero-order chi connectivity index (χ0) is 30.1. The molecule has 2 fully saturated rings. The van der Waals surface area contributed by atoms with Crippen LogP contribution in [0.3, 0.4) is 0 Å². The minimum absolute atomic E-state index is 0.00337. The third-order valence-corrected chi connectivity index (χ3v) is 7.03. The maximum Gasteiger partial charge on any atom is 0.261 e. The summed E-state index contributed by atoms with van der Waals surface area (Å²) in [6, 6.07) is 3.11. The van der Waals surface area contributed by atoms with Crippen molar-refractivity contribution in [2.24, 2.45) is 0 Å². The number of aliphatic hydroxyl groups is 4. The van der Waals surface area contributed by atoms with Crippen molar-refractivity contribution < 1.29 is 44.4 Å². The quantitative estimate of drug-likeness (QED) is 0.0623. The monoisotopic (exact) mass is 612 g/mol. The van der Waals surface area contributed by atoms with Gasteiger partial charge in [0, 0.05) is 25.2 Å². The van der Waals surface area contributed by atoms with E-state index in [0.717, 1.165) is 0 Å². The summed E-state index contributed by atoms with van der Waals surface area (Å²) in [5, 5.41) is 38.5. The molecule has 0 bridgehead atoms. The first-order valence-electron chi connectivity index (χ1n) is 12.5. The van der Waals surface area contributed by atoms with Gasteiger partial charge in [0.15, 0.2) is 30.0 Å². The number of hydrogen-bond donors (Lipinski definition) is 9. The van der Waals surface area contributed by atoms with E-state index in [1.807, 2.05) is 0 Å². The Morgan fingerprint density at radius 3 is 1.95 bits per heavy atom. The van der Waals surface area contributed by atoms with Crippen molar-refractivity contribution in [2.75, 3.05) is 24.4 Å². The van der Waals surface area contributed by atoms with Crippen LogP contribution in [-0.4, -0.2) is 91.9 Å². The molecule has 2 aliphatic rings. The van der Waals surface area contributed by atoms with Crippen LogP contribution in [0.25, 0.3) is 22.1 Å². The lowest BCUT2D eigenvalue weighted by Gasteiger charge is -2.17. The van der Waals surface area contributed by atoms with Crippen LogP contribution in [0.1, 0.15) is 25.3 Å². The molecule has 2 aliphatic heterocycles. The average molecular weight is 612 g/mol. The summed E-state index contributed by atoms with van der Waals surface area (Å²) < 4.78 is 18.6. The maximum atomic E-state index is 11.8. The summed E-state index contributed by atoms with van der Waals surface area (Å²) in [4.78, 5) is 50.3. The van der Waals surface area contributed by atoms with Gasteiger partial charge in [0.2, 0.25) is 20.3 Å². The van der Waals surface area contributed by atoms with Gasteiger partial charge < -0.3 is 55.4 Å². The van der Waals surface area contributed by atoms with E-state index in [2.05, 4.69) is 24.6 Å². The van der Waals surface area contributed by atoms with Gasteiger partial charge in [0.05, 0.1) is 23.5 Å². The van der Waals surface area contributed by atoms with E-state index in [1.165, 1.54) is 16.8 Å². The number of H-pyrrole nitrogens is 2. The highest BCUT2D eigenvalue weighted by molar-refractivity contribution is 7.45. The Kier molecular flexibility index (Phi) is 8.85. The second-order valence-electron chi connectivity index (χ2n) is 9.38. The average Bonchev–Trinajstić information content (AvgIpc) is 3.72. The number of nitrogen functional groups attached to an aromatic ring is 2. The largest absolute Gasteiger partial charge is 0.394 e. The van der Waals surface area contributed by atoms with Crippen LogP contribution in [0.4, 0.5) is 11.9 Å². The Balaban J connectivity index is 0.000000171. The highest BCUT2D eigenvalue weighted by Gasteiger charge is 2.38. The number of ether oxygens (including phenoxy) is 2. The molecule has 0 aliphatic carbocycles. The van der Waals surface area contributed by atoms with E-state index in [1.54, 1.807) is 16.8 Å². The zero-order valence-electron chi connectivity index (χ0n) is 21.7. The van der Waals surface area contributed by atoms with Crippen molar-refractivity contribution in [3.05, 3.63) is 45.2 Å². The van der Waals surface area contributed by atoms with Crippen molar-refractivity contribution in [1.82, 2.24) is 29.1 Å². The molecule has 6 heterocycles. The van der Waals surface area contributed by atoms with E-state index in [4.69, 9.17) is 40.9 Å². The lowest BCUT2D eigenvalue weighted by atomic mass is 10.2. The van der Waals surface area contributed by atoms with Crippen LogP contribution in [0.5, 0.6) is 0 Å². The minimum atomic E-state index is -2.11. The van der Waals surface area contributed by atoms with Crippen LogP contribution < -0.4 is 22.6 Å². The topological polar surface area (TPSA) is 291 Å². The van der Waals surface area contributed by atoms with Gasteiger partial charge in [0.25, 0.3) is 11.1 Å². The van der Waals surface area contributed by atoms with Crippen LogP contribution in [-0.2, 0) is 19.0 Å². The third-order valence-electron chi connectivity index (χ3n) is 6.53. The SMILES string of the molecule is Nc1nc2c(ccn2[C@@H]2O[C@H](CO)CC2O)c(=O)[nH]1.Nc1nc2c(ccn2[C@@H]2O[C@H](OOP(O)CO)CC2O)c(=O)[nH]1. The van der Waals surface area contributed by atoms with Gasteiger partial charge in [0.1, 0.15) is 18.6 Å². The Bertz CT molecular complexity index is 1660. The van der Waals surface area contributed by atoms with E-state index in [-0.39, 0.29) is 36.1 Å². The maximum absolute atomic E-state index is 11.8. The lowest BCUT2D eigenvalue weighted by molar-refractivity contribution is -0.318. The van der Waals surface area contributed by atoms with Gasteiger partial charge in [-0.15, -0.1) is 0 Å². The van der Waals surface area contributed by atoms with E-state index >= 15 is 0 Å². The zero-order valence-corrected chi connectivity index (χ0v) is 22.6. The Hall–Kier alpha value is -3.49. The fraction of sp³-hybridized carbons (Fsp3) is 0.455. The van der Waals surface area contributed by atoms with E-state index < -0.39 is 57.3 Å². The molecule has 3 unspecified atom stereocenters. The third kappa shape index (κ3) is 6.01. The van der Waals surface area contributed by atoms with Crippen LogP contribution in [0, 0.1) is 0 Å². The fourth-order valence-electron chi connectivity index (χ4n) is 4.68. The summed E-state index contributed by atoms with van der Waals surface area (Å²) in [5.41, 5.74) is 10.9. The summed E-state index contributed by atoms with van der Waals surface area (Å²) in [7, 11) is -2.11. The Labute approximate surface area is 235 Å². The van der Waals surface area contributed by atoms with Crippen LogP contribution in [0.2, 0.25) is 0 Å². The standard InChI is InChI=1S/C11H15N4O7P.C11H14N4O4/c12-11-13-8-5(9(18)14-11)1-2-15(8)10-6(17)3-7(20-10)21-22-23(19)4-16;12-11-13-8-6(9(18)14-11)1-2-15(8)10-7(17)3-5(4-16)19-10/h1-2,6-7,10,16-17,19H,3-4H2,(H3,12,13,14,18);1-2,5,7,10,16-17H,3-4H2,(H3,12,13,14,18)/t6?,7-,10-,23?;5-,7?,10+/m10/s1. The second-order valence-corrected chi connectivity index (χ2v) is 10.5. The molecular weight excluding hydrogens is 583 g/mol. The molecule has 0 radical (unpaired) electrons. The number of anilines is 2. The van der Waals surface area contributed by atoms with Gasteiger partial charge in [-0.05, 0) is 12.1 Å². The molecule has 20 heteroatoms. The smallest absolute Gasteiger partial charge is 0.261 e. The first-order valence-corrected chi connectivity index (χ1v) is 13.9. The Morgan fingerprint density at radius 2 is 1.45 bits per heavy atom. The van der Waals surface area contributed by atoms with E-state index in [9.17, 15) is 19.8 Å².